The number of hydrogen-bond acceptors (Lipinski definition) is 6. The Bertz CT molecular complexity index is 841. The van der Waals surface area contributed by atoms with E-state index >= 15 is 0 Å². The molecule has 0 aliphatic carbocycles. The molecule has 2 rings (SSSR count). The molecule has 168 valence electrons. The molecule has 31 heavy (non-hydrogen) atoms. The van der Waals surface area contributed by atoms with Gasteiger partial charge in [-0.2, -0.15) is 0 Å². The van der Waals surface area contributed by atoms with Crippen molar-refractivity contribution in [2.45, 2.75) is 26.3 Å². The third-order valence-corrected chi connectivity index (χ3v) is 5.22. The molecule has 0 radical (unpaired) electrons. The normalized spacial score (nSPS) is 11.9. The van der Waals surface area contributed by atoms with Gasteiger partial charge in [0.15, 0.2) is 0 Å². The molecule has 2 aromatic carbocycles. The van der Waals surface area contributed by atoms with Crippen molar-refractivity contribution in [3.63, 3.8) is 0 Å². The number of rotatable bonds is 13. The van der Waals surface area contributed by atoms with Crippen molar-refractivity contribution in [2.24, 2.45) is 0 Å². The highest BCUT2D eigenvalue weighted by atomic mass is 16.6. The van der Waals surface area contributed by atoms with Gasteiger partial charge in [-0.15, -0.1) is 0 Å². The van der Waals surface area contributed by atoms with Crippen LogP contribution >= 0.6 is 0 Å². The summed E-state index contributed by atoms with van der Waals surface area (Å²) in [6.45, 7) is 7.26. The summed E-state index contributed by atoms with van der Waals surface area (Å²) in [5.41, 5.74) is 1.70. The maximum Gasteiger partial charge on any atom is 0.293 e. The maximum absolute atomic E-state index is 12.8. The average molecular weight is 429 g/mol. The smallest absolute Gasteiger partial charge is 0.293 e. The van der Waals surface area contributed by atoms with E-state index in [9.17, 15) is 14.9 Å². The van der Waals surface area contributed by atoms with E-state index in [0.717, 1.165) is 19.5 Å². The van der Waals surface area contributed by atoms with Gasteiger partial charge in [0.2, 0.25) is 0 Å². The quantitative estimate of drug-likeness (QED) is 0.289. The summed E-state index contributed by atoms with van der Waals surface area (Å²) in [6.07, 6.45) is 0.811. The number of carbonyl (C=O) groups excluding carboxylic acids is 1. The van der Waals surface area contributed by atoms with Gasteiger partial charge in [0, 0.05) is 37.9 Å². The number of methoxy groups -OCH3 is 1. The van der Waals surface area contributed by atoms with E-state index in [1.54, 1.807) is 19.2 Å². The Morgan fingerprint density at radius 3 is 2.48 bits per heavy atom. The van der Waals surface area contributed by atoms with Crippen molar-refractivity contribution < 1.29 is 14.5 Å². The fourth-order valence-electron chi connectivity index (χ4n) is 3.53. The van der Waals surface area contributed by atoms with E-state index in [1.807, 2.05) is 18.2 Å². The average Bonchev–Trinajstić information content (AvgIpc) is 2.78. The van der Waals surface area contributed by atoms with Gasteiger partial charge >= 0.3 is 0 Å². The fourth-order valence-corrected chi connectivity index (χ4v) is 3.53. The summed E-state index contributed by atoms with van der Waals surface area (Å²) in [7, 11) is 1.56. The van der Waals surface area contributed by atoms with Gasteiger partial charge in [-0.05, 0) is 37.2 Å². The molecule has 0 spiro atoms. The molecule has 2 aromatic rings. The first-order valence-electron chi connectivity index (χ1n) is 10.6. The van der Waals surface area contributed by atoms with Crippen LogP contribution in [0, 0.1) is 10.1 Å². The molecule has 0 aliphatic heterocycles. The number of anilines is 1. The van der Waals surface area contributed by atoms with Crippen LogP contribution in [-0.2, 0) is 11.2 Å². The van der Waals surface area contributed by atoms with Gasteiger partial charge in [0.1, 0.15) is 5.69 Å². The Morgan fingerprint density at radius 1 is 1.16 bits per heavy atom. The molecule has 8 nitrogen and oxygen atoms in total. The summed E-state index contributed by atoms with van der Waals surface area (Å²) in [4.78, 5) is 26.0. The molecule has 1 atom stereocenters. The van der Waals surface area contributed by atoms with Gasteiger partial charge < -0.3 is 15.4 Å². The summed E-state index contributed by atoms with van der Waals surface area (Å²) < 4.78 is 4.96. The zero-order chi connectivity index (χ0) is 22.6. The Morgan fingerprint density at radius 2 is 1.87 bits per heavy atom. The number of carbonyl (C=O) groups is 1. The largest absolute Gasteiger partial charge is 0.383 e. The Hall–Kier alpha value is -2.97. The molecule has 8 heteroatoms. The van der Waals surface area contributed by atoms with Crippen molar-refractivity contribution in [1.29, 1.82) is 0 Å². The summed E-state index contributed by atoms with van der Waals surface area (Å²) in [6, 6.07) is 14.8. The lowest BCUT2D eigenvalue weighted by atomic mass is 10.0. The predicted molar refractivity (Wildman–Crippen MR) is 123 cm³/mol. The van der Waals surface area contributed by atoms with Gasteiger partial charge in [0.05, 0.1) is 11.5 Å². The number of nitro benzene ring substituents is 1. The zero-order valence-corrected chi connectivity index (χ0v) is 18.5. The fraction of sp³-hybridized carbons (Fsp3) is 0.435. The van der Waals surface area contributed by atoms with E-state index in [1.165, 1.54) is 11.6 Å². The number of nitrogens with one attached hydrogen (secondary N) is 2. The first kappa shape index (κ1) is 24.3. The lowest BCUT2D eigenvalue weighted by molar-refractivity contribution is -0.384. The van der Waals surface area contributed by atoms with Crippen LogP contribution in [0.3, 0.4) is 0 Å². The second kappa shape index (κ2) is 12.7. The number of ether oxygens (including phenoxy) is 1. The highest BCUT2D eigenvalue weighted by Gasteiger charge is 2.20. The number of likely N-dealkylation sites (N-methyl/N-ethyl adjacent to an activating group) is 1. The first-order chi connectivity index (χ1) is 15.0. The number of nitrogens with zero attached hydrogens (tertiary/aromatic N) is 2. The Labute approximate surface area is 183 Å². The SMILES string of the molecule is CCN(CC)C(CNC(=O)c1ccc(NCCOC)c([N+](=O)[O-])c1)Cc1ccccc1. The zero-order valence-electron chi connectivity index (χ0n) is 18.5. The Balaban J connectivity index is 2.10. The topological polar surface area (TPSA) is 96.7 Å². The summed E-state index contributed by atoms with van der Waals surface area (Å²) in [5, 5.41) is 17.4. The monoisotopic (exact) mass is 428 g/mol. The first-order valence-corrected chi connectivity index (χ1v) is 10.6. The lowest BCUT2D eigenvalue weighted by Crippen LogP contribution is -2.45. The van der Waals surface area contributed by atoms with Crippen molar-refractivity contribution in [2.75, 3.05) is 45.2 Å². The van der Waals surface area contributed by atoms with Crippen LogP contribution in [0.25, 0.3) is 0 Å². The highest BCUT2D eigenvalue weighted by molar-refractivity contribution is 5.95. The highest BCUT2D eigenvalue weighted by Crippen LogP contribution is 2.25. The molecule has 0 fully saturated rings. The van der Waals surface area contributed by atoms with Crippen molar-refractivity contribution in [1.82, 2.24) is 10.2 Å². The Kier molecular flexibility index (Phi) is 9.93. The molecule has 1 amide bonds. The minimum atomic E-state index is -0.486. The molecular formula is C23H32N4O4. The molecule has 0 heterocycles. The van der Waals surface area contributed by atoms with E-state index in [2.05, 4.69) is 41.5 Å². The third-order valence-electron chi connectivity index (χ3n) is 5.22. The van der Waals surface area contributed by atoms with Crippen LogP contribution in [0.15, 0.2) is 48.5 Å². The number of nitro groups is 1. The van der Waals surface area contributed by atoms with E-state index in [0.29, 0.717) is 25.4 Å². The molecule has 0 bridgehead atoms. The molecular weight excluding hydrogens is 396 g/mol. The van der Waals surface area contributed by atoms with E-state index in [-0.39, 0.29) is 23.2 Å². The number of benzene rings is 2. The van der Waals surface area contributed by atoms with Crippen LogP contribution in [0.4, 0.5) is 11.4 Å². The summed E-state index contributed by atoms with van der Waals surface area (Å²) >= 11 is 0. The van der Waals surface area contributed by atoms with Gasteiger partial charge in [-0.3, -0.25) is 19.8 Å². The van der Waals surface area contributed by atoms with Crippen LogP contribution in [-0.4, -0.2) is 61.7 Å². The minimum Gasteiger partial charge on any atom is -0.383 e. The van der Waals surface area contributed by atoms with Crippen LogP contribution in [0.2, 0.25) is 0 Å². The van der Waals surface area contributed by atoms with Gasteiger partial charge in [0.25, 0.3) is 11.6 Å². The maximum atomic E-state index is 12.8. The third kappa shape index (κ3) is 7.34. The van der Waals surface area contributed by atoms with Gasteiger partial charge in [-0.1, -0.05) is 44.2 Å². The molecule has 0 aromatic heterocycles. The molecule has 0 saturated heterocycles. The van der Waals surface area contributed by atoms with Crippen LogP contribution in [0.1, 0.15) is 29.8 Å². The lowest BCUT2D eigenvalue weighted by Gasteiger charge is -2.30. The molecule has 0 aliphatic rings. The second-order valence-corrected chi connectivity index (χ2v) is 7.18. The van der Waals surface area contributed by atoms with E-state index < -0.39 is 4.92 Å². The van der Waals surface area contributed by atoms with Crippen molar-refractivity contribution in [3.05, 3.63) is 69.8 Å². The van der Waals surface area contributed by atoms with E-state index in [4.69, 9.17) is 4.74 Å². The minimum absolute atomic E-state index is 0.131. The molecule has 1 unspecified atom stereocenters. The van der Waals surface area contributed by atoms with Gasteiger partial charge in [-0.25, -0.2) is 0 Å². The molecule has 2 N–H and O–H groups in total. The standard InChI is InChI=1S/C23H32N4O4/c1-4-26(5-2)20(15-18-9-7-6-8-10-18)17-25-23(28)19-11-12-21(24-13-14-31-3)22(16-19)27(29)30/h6-12,16,20,24H,4-5,13-15,17H2,1-3H3,(H,25,28). The van der Waals surface area contributed by atoms with Crippen molar-refractivity contribution >= 4 is 17.3 Å². The number of amides is 1. The van der Waals surface area contributed by atoms with Crippen LogP contribution in [0.5, 0.6) is 0 Å². The summed E-state index contributed by atoms with van der Waals surface area (Å²) in [5.74, 6) is -0.322. The van der Waals surface area contributed by atoms with Crippen molar-refractivity contribution in [3.8, 4) is 0 Å². The molecule has 0 saturated carbocycles. The van der Waals surface area contributed by atoms with Crippen LogP contribution < -0.4 is 10.6 Å². The second-order valence-electron chi connectivity index (χ2n) is 7.18. The predicted octanol–water partition coefficient (Wildman–Crippen LogP) is 3.34. The number of hydrogen-bond donors (Lipinski definition) is 2.